The Balaban J connectivity index is 2.02. The quantitative estimate of drug-likeness (QED) is 0.491. The number of amides is 1. The van der Waals surface area contributed by atoms with Crippen LogP contribution in [0.25, 0.3) is 10.9 Å². The Bertz CT molecular complexity index is 835. The van der Waals surface area contributed by atoms with E-state index in [1.54, 1.807) is 6.07 Å². The topological polar surface area (TPSA) is 42.0 Å². The Kier molecular flexibility index (Phi) is 4.07. The fourth-order valence-electron chi connectivity index (χ4n) is 2.10. The van der Waals surface area contributed by atoms with Gasteiger partial charge in [-0.05, 0) is 52.9 Å². The third-order valence-corrected chi connectivity index (χ3v) is 3.88. The molecule has 0 unspecified atom stereocenters. The second-order valence-corrected chi connectivity index (χ2v) is 6.11. The normalized spacial score (nSPS) is 10.6. The number of para-hydroxylation sites is 1. The maximum Gasteiger partial charge on any atom is 0.256 e. The smallest absolute Gasteiger partial charge is 0.256 e. The van der Waals surface area contributed by atoms with Crippen molar-refractivity contribution in [1.29, 1.82) is 0 Å². The standard InChI is InChI=1S/C16H10ClIN2O/c17-15-9-13(12-6-1-2-7-14(12)20-15)16(21)19-11-5-3-4-10(18)8-11/h1-9H,(H,19,21). The summed E-state index contributed by atoms with van der Waals surface area (Å²) in [6.07, 6.45) is 0. The number of carbonyl (C=O) groups is 1. The zero-order chi connectivity index (χ0) is 14.8. The molecule has 104 valence electrons. The van der Waals surface area contributed by atoms with Gasteiger partial charge in [-0.2, -0.15) is 0 Å². The van der Waals surface area contributed by atoms with Crippen LogP contribution in [0.3, 0.4) is 0 Å². The molecule has 3 rings (SSSR count). The van der Waals surface area contributed by atoms with Crippen LogP contribution in [0.5, 0.6) is 0 Å². The summed E-state index contributed by atoms with van der Waals surface area (Å²) in [5.74, 6) is -0.197. The number of halogens is 2. The molecule has 0 atom stereocenters. The molecule has 0 saturated carbocycles. The molecule has 21 heavy (non-hydrogen) atoms. The lowest BCUT2D eigenvalue weighted by Gasteiger charge is -2.08. The maximum absolute atomic E-state index is 12.5. The van der Waals surface area contributed by atoms with Crippen LogP contribution in [0.15, 0.2) is 54.6 Å². The molecule has 0 fully saturated rings. The van der Waals surface area contributed by atoms with Crippen molar-refractivity contribution in [2.24, 2.45) is 0 Å². The zero-order valence-electron chi connectivity index (χ0n) is 10.8. The number of benzene rings is 2. The number of hydrogen-bond donors (Lipinski definition) is 1. The first-order chi connectivity index (χ1) is 10.1. The van der Waals surface area contributed by atoms with Gasteiger partial charge in [0.1, 0.15) is 5.15 Å². The number of fused-ring (bicyclic) bond motifs is 1. The number of nitrogens with zero attached hydrogens (tertiary/aromatic N) is 1. The Labute approximate surface area is 140 Å². The predicted molar refractivity (Wildman–Crippen MR) is 93.9 cm³/mol. The van der Waals surface area contributed by atoms with E-state index in [1.165, 1.54) is 0 Å². The molecule has 0 aliphatic carbocycles. The average molecular weight is 409 g/mol. The highest BCUT2D eigenvalue weighted by Gasteiger charge is 2.12. The summed E-state index contributed by atoms with van der Waals surface area (Å²) >= 11 is 8.21. The molecule has 5 heteroatoms. The molecular weight excluding hydrogens is 399 g/mol. The molecular formula is C16H10ClIN2O. The largest absolute Gasteiger partial charge is 0.322 e. The van der Waals surface area contributed by atoms with Crippen LogP contribution < -0.4 is 5.32 Å². The lowest BCUT2D eigenvalue weighted by molar-refractivity contribution is 0.102. The minimum atomic E-state index is -0.197. The molecule has 0 aliphatic heterocycles. The van der Waals surface area contributed by atoms with Crippen LogP contribution in [-0.2, 0) is 0 Å². The predicted octanol–water partition coefficient (Wildman–Crippen LogP) is 4.75. The van der Waals surface area contributed by atoms with Gasteiger partial charge in [0, 0.05) is 14.6 Å². The van der Waals surface area contributed by atoms with Crippen molar-refractivity contribution in [1.82, 2.24) is 4.98 Å². The second kappa shape index (κ2) is 5.99. The lowest BCUT2D eigenvalue weighted by atomic mass is 10.1. The average Bonchev–Trinajstić information content (AvgIpc) is 2.46. The van der Waals surface area contributed by atoms with Crippen LogP contribution in [0.4, 0.5) is 5.69 Å². The molecule has 3 nitrogen and oxygen atoms in total. The summed E-state index contributed by atoms with van der Waals surface area (Å²) < 4.78 is 1.06. The Morgan fingerprint density at radius 1 is 1.10 bits per heavy atom. The van der Waals surface area contributed by atoms with Gasteiger partial charge in [-0.25, -0.2) is 4.98 Å². The maximum atomic E-state index is 12.5. The van der Waals surface area contributed by atoms with Crippen molar-refractivity contribution >= 4 is 56.7 Å². The van der Waals surface area contributed by atoms with E-state index in [0.29, 0.717) is 16.2 Å². The molecule has 3 aromatic rings. The van der Waals surface area contributed by atoms with Crippen molar-refractivity contribution < 1.29 is 4.79 Å². The van der Waals surface area contributed by atoms with Crippen molar-refractivity contribution in [3.63, 3.8) is 0 Å². The minimum Gasteiger partial charge on any atom is -0.322 e. The molecule has 1 amide bonds. The molecule has 0 saturated heterocycles. The number of anilines is 1. The highest BCUT2D eigenvalue weighted by molar-refractivity contribution is 14.1. The van der Waals surface area contributed by atoms with Gasteiger partial charge >= 0.3 is 0 Å². The van der Waals surface area contributed by atoms with Crippen molar-refractivity contribution in [3.05, 3.63) is 68.9 Å². The van der Waals surface area contributed by atoms with Crippen molar-refractivity contribution in [2.75, 3.05) is 5.32 Å². The number of pyridine rings is 1. The third-order valence-electron chi connectivity index (χ3n) is 3.01. The first-order valence-corrected chi connectivity index (χ1v) is 7.71. The van der Waals surface area contributed by atoms with Crippen LogP contribution in [0.1, 0.15) is 10.4 Å². The van der Waals surface area contributed by atoms with Crippen LogP contribution >= 0.6 is 34.2 Å². The summed E-state index contributed by atoms with van der Waals surface area (Å²) in [5.41, 5.74) is 1.98. The first-order valence-electron chi connectivity index (χ1n) is 6.26. The summed E-state index contributed by atoms with van der Waals surface area (Å²) in [6, 6.07) is 16.7. The molecule has 0 aliphatic rings. The minimum absolute atomic E-state index is 0.197. The Hall–Kier alpha value is -1.66. The summed E-state index contributed by atoms with van der Waals surface area (Å²) in [6.45, 7) is 0. The van der Waals surface area contributed by atoms with E-state index in [4.69, 9.17) is 11.6 Å². The number of aromatic nitrogens is 1. The van der Waals surface area contributed by atoms with Gasteiger partial charge in [0.05, 0.1) is 11.1 Å². The molecule has 0 bridgehead atoms. The zero-order valence-corrected chi connectivity index (χ0v) is 13.7. The highest BCUT2D eigenvalue weighted by Crippen LogP contribution is 2.22. The van der Waals surface area contributed by atoms with E-state index in [0.717, 1.165) is 14.6 Å². The van der Waals surface area contributed by atoms with Crippen LogP contribution in [0.2, 0.25) is 5.15 Å². The van der Waals surface area contributed by atoms with Gasteiger partial charge < -0.3 is 5.32 Å². The van der Waals surface area contributed by atoms with Gasteiger partial charge in [-0.3, -0.25) is 4.79 Å². The molecule has 0 spiro atoms. The second-order valence-electron chi connectivity index (χ2n) is 4.47. The molecule has 0 radical (unpaired) electrons. The molecule has 1 heterocycles. The molecule has 1 N–H and O–H groups in total. The van der Waals surface area contributed by atoms with Gasteiger partial charge in [-0.15, -0.1) is 0 Å². The van der Waals surface area contributed by atoms with E-state index < -0.39 is 0 Å². The van der Waals surface area contributed by atoms with E-state index in [1.807, 2.05) is 48.5 Å². The van der Waals surface area contributed by atoms with E-state index in [2.05, 4.69) is 32.9 Å². The number of nitrogens with one attached hydrogen (secondary N) is 1. The SMILES string of the molecule is O=C(Nc1cccc(I)c1)c1cc(Cl)nc2ccccc12. The third kappa shape index (κ3) is 3.16. The van der Waals surface area contributed by atoms with Crippen molar-refractivity contribution in [3.8, 4) is 0 Å². The van der Waals surface area contributed by atoms with Gasteiger partial charge in [0.15, 0.2) is 0 Å². The van der Waals surface area contributed by atoms with Crippen molar-refractivity contribution in [2.45, 2.75) is 0 Å². The summed E-state index contributed by atoms with van der Waals surface area (Å²) in [5, 5.41) is 3.98. The highest BCUT2D eigenvalue weighted by atomic mass is 127. The van der Waals surface area contributed by atoms with E-state index >= 15 is 0 Å². The monoisotopic (exact) mass is 408 g/mol. The fraction of sp³-hybridized carbons (Fsp3) is 0. The lowest BCUT2D eigenvalue weighted by Crippen LogP contribution is -2.12. The first kappa shape index (κ1) is 14.3. The van der Waals surface area contributed by atoms with Crippen LogP contribution in [0, 0.1) is 3.57 Å². The van der Waals surface area contributed by atoms with Crippen LogP contribution in [-0.4, -0.2) is 10.9 Å². The van der Waals surface area contributed by atoms with Gasteiger partial charge in [0.25, 0.3) is 5.91 Å². The number of carbonyl (C=O) groups excluding carboxylic acids is 1. The van der Waals surface area contributed by atoms with E-state index in [9.17, 15) is 4.79 Å². The summed E-state index contributed by atoms with van der Waals surface area (Å²) in [7, 11) is 0. The number of hydrogen-bond acceptors (Lipinski definition) is 2. The summed E-state index contributed by atoms with van der Waals surface area (Å²) in [4.78, 5) is 16.7. The van der Waals surface area contributed by atoms with E-state index in [-0.39, 0.29) is 5.91 Å². The van der Waals surface area contributed by atoms with Gasteiger partial charge in [-0.1, -0.05) is 35.9 Å². The molecule has 1 aromatic heterocycles. The Morgan fingerprint density at radius 2 is 1.90 bits per heavy atom. The Morgan fingerprint density at radius 3 is 2.71 bits per heavy atom. The number of rotatable bonds is 2. The molecule has 2 aromatic carbocycles. The fourth-order valence-corrected chi connectivity index (χ4v) is 2.84. The van der Waals surface area contributed by atoms with Gasteiger partial charge in [0.2, 0.25) is 0 Å².